The van der Waals surface area contributed by atoms with Gasteiger partial charge in [0.25, 0.3) is 5.91 Å². The second-order valence-corrected chi connectivity index (χ2v) is 5.76. The van der Waals surface area contributed by atoms with Crippen LogP contribution < -0.4 is 10.6 Å². The zero-order chi connectivity index (χ0) is 13.8. The van der Waals surface area contributed by atoms with E-state index < -0.39 is 6.04 Å². The molecule has 0 aliphatic carbocycles. The fourth-order valence-electron chi connectivity index (χ4n) is 2.14. The highest BCUT2D eigenvalue weighted by molar-refractivity contribution is 7.12. The quantitative estimate of drug-likeness (QED) is 0.878. The van der Waals surface area contributed by atoms with Crippen molar-refractivity contribution in [3.63, 3.8) is 0 Å². The number of carbonyl (C=O) groups is 2. The van der Waals surface area contributed by atoms with Crippen molar-refractivity contribution in [2.75, 3.05) is 19.6 Å². The normalized spacial score (nSPS) is 19.9. The maximum Gasteiger partial charge on any atom is 0.261 e. The first-order valence-corrected chi connectivity index (χ1v) is 7.32. The lowest BCUT2D eigenvalue weighted by Gasteiger charge is -2.33. The molecule has 0 spiro atoms. The van der Waals surface area contributed by atoms with Gasteiger partial charge in [0, 0.05) is 25.7 Å². The highest BCUT2D eigenvalue weighted by Gasteiger charge is 2.25. The average molecular weight is 318 g/mol. The van der Waals surface area contributed by atoms with Crippen LogP contribution in [0.5, 0.6) is 0 Å². The number of piperazine rings is 1. The van der Waals surface area contributed by atoms with Gasteiger partial charge in [0.2, 0.25) is 5.91 Å². The lowest BCUT2D eigenvalue weighted by atomic mass is 10.2. The van der Waals surface area contributed by atoms with E-state index in [0.29, 0.717) is 24.0 Å². The summed E-state index contributed by atoms with van der Waals surface area (Å²) in [6.07, 6.45) is 0. The minimum Gasteiger partial charge on any atom is -0.340 e. The van der Waals surface area contributed by atoms with Crippen LogP contribution in [0.1, 0.15) is 23.5 Å². The smallest absolute Gasteiger partial charge is 0.261 e. The molecule has 1 aliphatic heterocycles. The van der Waals surface area contributed by atoms with Crippen LogP contribution in [-0.4, -0.2) is 48.4 Å². The van der Waals surface area contributed by atoms with Gasteiger partial charge in [0.1, 0.15) is 6.04 Å². The molecule has 2 unspecified atom stereocenters. The number of thiophene rings is 1. The van der Waals surface area contributed by atoms with Crippen LogP contribution in [0.2, 0.25) is 0 Å². The molecule has 2 N–H and O–H groups in total. The van der Waals surface area contributed by atoms with E-state index in [1.807, 2.05) is 18.4 Å². The van der Waals surface area contributed by atoms with Crippen molar-refractivity contribution < 1.29 is 9.59 Å². The maximum absolute atomic E-state index is 12.2. The van der Waals surface area contributed by atoms with Crippen molar-refractivity contribution in [1.29, 1.82) is 0 Å². The van der Waals surface area contributed by atoms with Crippen molar-refractivity contribution in [2.45, 2.75) is 25.9 Å². The summed E-state index contributed by atoms with van der Waals surface area (Å²) in [6, 6.07) is 3.39. The molecule has 1 aliphatic rings. The number of halogens is 1. The largest absolute Gasteiger partial charge is 0.340 e. The van der Waals surface area contributed by atoms with Gasteiger partial charge in [-0.05, 0) is 25.3 Å². The molecule has 1 fully saturated rings. The third kappa shape index (κ3) is 4.19. The predicted octanol–water partition coefficient (Wildman–Crippen LogP) is 1.11. The summed E-state index contributed by atoms with van der Waals surface area (Å²) in [5, 5.41) is 7.89. The molecule has 0 radical (unpaired) electrons. The van der Waals surface area contributed by atoms with Gasteiger partial charge < -0.3 is 15.5 Å². The van der Waals surface area contributed by atoms with Gasteiger partial charge in [-0.1, -0.05) is 6.07 Å². The van der Waals surface area contributed by atoms with E-state index in [9.17, 15) is 9.59 Å². The molecule has 1 aromatic heterocycles. The average Bonchev–Trinajstić information content (AvgIpc) is 2.91. The van der Waals surface area contributed by atoms with E-state index in [-0.39, 0.29) is 24.2 Å². The Labute approximate surface area is 129 Å². The zero-order valence-electron chi connectivity index (χ0n) is 11.6. The molecule has 0 bridgehead atoms. The van der Waals surface area contributed by atoms with E-state index in [1.165, 1.54) is 11.3 Å². The standard InChI is InChI=1S/C13H19N3O2S.ClH/c1-9-8-16(6-5-14-9)13(18)10(2)15-12(17)11-4-3-7-19-11;/h3-4,7,9-10,14H,5-6,8H2,1-2H3,(H,15,17);1H. The summed E-state index contributed by atoms with van der Waals surface area (Å²) in [6.45, 7) is 5.98. The van der Waals surface area contributed by atoms with Gasteiger partial charge in [0.15, 0.2) is 0 Å². The lowest BCUT2D eigenvalue weighted by Crippen LogP contribution is -2.55. The number of nitrogens with one attached hydrogen (secondary N) is 2. The third-order valence-electron chi connectivity index (χ3n) is 3.14. The predicted molar refractivity (Wildman–Crippen MR) is 82.5 cm³/mol. The van der Waals surface area contributed by atoms with Gasteiger partial charge >= 0.3 is 0 Å². The first-order chi connectivity index (χ1) is 9.08. The number of hydrogen-bond acceptors (Lipinski definition) is 4. The van der Waals surface area contributed by atoms with Gasteiger partial charge in [-0.25, -0.2) is 0 Å². The van der Waals surface area contributed by atoms with Gasteiger partial charge in [-0.3, -0.25) is 9.59 Å². The van der Waals surface area contributed by atoms with Gasteiger partial charge in [-0.15, -0.1) is 23.7 Å². The molecule has 2 atom stereocenters. The number of hydrogen-bond donors (Lipinski definition) is 2. The van der Waals surface area contributed by atoms with Crippen molar-refractivity contribution >= 4 is 35.6 Å². The number of carbonyl (C=O) groups excluding carboxylic acids is 2. The lowest BCUT2D eigenvalue weighted by molar-refractivity contribution is -0.133. The monoisotopic (exact) mass is 317 g/mol. The van der Waals surface area contributed by atoms with Crippen LogP contribution in [0.15, 0.2) is 17.5 Å². The van der Waals surface area contributed by atoms with Crippen LogP contribution in [0, 0.1) is 0 Å². The van der Waals surface area contributed by atoms with Gasteiger partial charge in [0.05, 0.1) is 4.88 Å². The number of nitrogens with zero attached hydrogens (tertiary/aromatic N) is 1. The maximum atomic E-state index is 12.2. The Morgan fingerprint density at radius 1 is 1.55 bits per heavy atom. The minimum absolute atomic E-state index is 0. The molecule has 112 valence electrons. The summed E-state index contributed by atoms with van der Waals surface area (Å²) in [7, 11) is 0. The van der Waals surface area contributed by atoms with Crippen LogP contribution >= 0.6 is 23.7 Å². The first-order valence-electron chi connectivity index (χ1n) is 6.44. The zero-order valence-corrected chi connectivity index (χ0v) is 13.2. The number of rotatable bonds is 3. The molecule has 0 saturated carbocycles. The Morgan fingerprint density at radius 3 is 2.90 bits per heavy atom. The molecule has 5 nitrogen and oxygen atoms in total. The Balaban J connectivity index is 0.00000200. The second kappa shape index (κ2) is 7.61. The Hall–Kier alpha value is -1.11. The summed E-state index contributed by atoms with van der Waals surface area (Å²) in [5.41, 5.74) is 0. The Bertz CT molecular complexity index is 452. The highest BCUT2D eigenvalue weighted by atomic mass is 35.5. The SMILES string of the molecule is CC1CN(C(=O)C(C)NC(=O)c2cccs2)CCN1.Cl. The summed E-state index contributed by atoms with van der Waals surface area (Å²) in [4.78, 5) is 26.6. The van der Waals surface area contributed by atoms with E-state index in [4.69, 9.17) is 0 Å². The molecule has 2 heterocycles. The van der Waals surface area contributed by atoms with E-state index in [1.54, 1.807) is 17.9 Å². The molecular formula is C13H20ClN3O2S. The molecule has 7 heteroatoms. The van der Waals surface area contributed by atoms with Crippen molar-refractivity contribution in [3.8, 4) is 0 Å². The molecular weight excluding hydrogens is 298 g/mol. The van der Waals surface area contributed by atoms with Crippen LogP contribution in [0.3, 0.4) is 0 Å². The van der Waals surface area contributed by atoms with E-state index in [2.05, 4.69) is 10.6 Å². The number of amides is 2. The fourth-order valence-corrected chi connectivity index (χ4v) is 2.77. The Morgan fingerprint density at radius 2 is 2.30 bits per heavy atom. The first kappa shape index (κ1) is 16.9. The molecule has 1 aromatic rings. The molecule has 0 aromatic carbocycles. The second-order valence-electron chi connectivity index (χ2n) is 4.81. The molecule has 20 heavy (non-hydrogen) atoms. The summed E-state index contributed by atoms with van der Waals surface area (Å²) < 4.78 is 0. The van der Waals surface area contributed by atoms with Crippen LogP contribution in [-0.2, 0) is 4.79 Å². The Kier molecular flexibility index (Phi) is 6.45. The van der Waals surface area contributed by atoms with E-state index >= 15 is 0 Å². The molecule has 2 amide bonds. The molecule has 1 saturated heterocycles. The molecule has 2 rings (SSSR count). The van der Waals surface area contributed by atoms with Gasteiger partial charge in [-0.2, -0.15) is 0 Å². The van der Waals surface area contributed by atoms with E-state index in [0.717, 1.165) is 6.54 Å². The summed E-state index contributed by atoms with van der Waals surface area (Å²) >= 11 is 1.37. The van der Waals surface area contributed by atoms with Crippen LogP contribution in [0.25, 0.3) is 0 Å². The topological polar surface area (TPSA) is 61.4 Å². The highest BCUT2D eigenvalue weighted by Crippen LogP contribution is 2.09. The van der Waals surface area contributed by atoms with Crippen molar-refractivity contribution in [3.05, 3.63) is 22.4 Å². The minimum atomic E-state index is -0.486. The third-order valence-corrected chi connectivity index (χ3v) is 4.01. The van der Waals surface area contributed by atoms with Crippen molar-refractivity contribution in [1.82, 2.24) is 15.5 Å². The fraction of sp³-hybridized carbons (Fsp3) is 0.538. The van der Waals surface area contributed by atoms with Crippen molar-refractivity contribution in [2.24, 2.45) is 0 Å². The summed E-state index contributed by atoms with van der Waals surface area (Å²) in [5.74, 6) is -0.197. The van der Waals surface area contributed by atoms with Crippen LogP contribution in [0.4, 0.5) is 0 Å².